The molecule has 2 aromatic rings. The van der Waals surface area contributed by atoms with Gasteiger partial charge in [-0.3, -0.25) is 0 Å². The second kappa shape index (κ2) is 5.00. The number of nitrogens with zero attached hydrogens (tertiary/aromatic N) is 2. The van der Waals surface area contributed by atoms with Gasteiger partial charge in [0.25, 0.3) is 0 Å². The van der Waals surface area contributed by atoms with Crippen molar-refractivity contribution < 1.29 is 9.53 Å². The van der Waals surface area contributed by atoms with Crippen molar-refractivity contribution in [3.8, 4) is 0 Å². The van der Waals surface area contributed by atoms with Crippen molar-refractivity contribution in [2.75, 3.05) is 12.8 Å². The number of carbonyl (C=O) groups is 1. The monoisotopic (exact) mass is 271 g/mol. The van der Waals surface area contributed by atoms with Crippen LogP contribution in [-0.4, -0.2) is 22.6 Å². The number of rotatable bonds is 2. The number of methoxy groups -OCH3 is 1. The molecule has 5 nitrogen and oxygen atoms in total. The van der Waals surface area contributed by atoms with Gasteiger partial charge in [-0.05, 0) is 30.4 Å². The number of ether oxygens (including phenoxy) is 1. The number of hydrogen-bond acceptors (Lipinski definition) is 4. The van der Waals surface area contributed by atoms with Crippen LogP contribution in [0, 0.1) is 0 Å². The molecular weight excluding hydrogens is 254 g/mol. The third-order valence-electron chi connectivity index (χ3n) is 3.92. The first-order valence-electron chi connectivity index (χ1n) is 6.68. The quantitative estimate of drug-likeness (QED) is 0.848. The minimum atomic E-state index is -0.488. The molecule has 2 N–H and O–H groups in total. The summed E-state index contributed by atoms with van der Waals surface area (Å²) < 4.78 is 6.57. The third kappa shape index (κ3) is 2.05. The lowest BCUT2D eigenvalue weighted by Gasteiger charge is -2.26. The zero-order valence-electron chi connectivity index (χ0n) is 11.4. The van der Waals surface area contributed by atoms with Gasteiger partial charge in [-0.2, -0.15) is 0 Å². The van der Waals surface area contributed by atoms with E-state index < -0.39 is 5.97 Å². The molecule has 1 aliphatic rings. The van der Waals surface area contributed by atoms with Gasteiger partial charge < -0.3 is 15.0 Å². The lowest BCUT2D eigenvalue weighted by molar-refractivity contribution is 0.0596. The standard InChI is InChI=1S/C15H17N3O2/c1-20-15(19)13-14(16)18(9-17-13)12-7-6-10-4-2-3-5-11(10)8-12/h2-5,9,12H,6-8,16H2,1H3. The highest BCUT2D eigenvalue weighted by atomic mass is 16.5. The maximum absolute atomic E-state index is 11.6. The number of carbonyl (C=O) groups excluding carboxylic acids is 1. The maximum atomic E-state index is 11.6. The molecule has 1 aromatic carbocycles. The SMILES string of the molecule is COC(=O)c1ncn(C2CCc3ccccc3C2)c1N. The molecule has 104 valence electrons. The Morgan fingerprint density at radius 2 is 2.15 bits per heavy atom. The van der Waals surface area contributed by atoms with E-state index in [0.29, 0.717) is 5.82 Å². The van der Waals surface area contributed by atoms with Crippen molar-refractivity contribution in [2.24, 2.45) is 0 Å². The molecule has 1 unspecified atom stereocenters. The summed E-state index contributed by atoms with van der Waals surface area (Å²) in [5.74, 6) is -0.0984. The lowest BCUT2D eigenvalue weighted by Crippen LogP contribution is -2.20. The zero-order valence-corrected chi connectivity index (χ0v) is 11.4. The summed E-state index contributed by atoms with van der Waals surface area (Å²) in [6, 6.07) is 8.69. The molecule has 5 heteroatoms. The van der Waals surface area contributed by atoms with E-state index in [1.54, 1.807) is 6.33 Å². The summed E-state index contributed by atoms with van der Waals surface area (Å²) in [6.07, 6.45) is 4.57. The van der Waals surface area contributed by atoms with E-state index in [-0.39, 0.29) is 11.7 Å². The zero-order chi connectivity index (χ0) is 14.1. The Hall–Kier alpha value is -2.30. The van der Waals surface area contributed by atoms with Crippen LogP contribution in [-0.2, 0) is 17.6 Å². The normalized spacial score (nSPS) is 17.6. The average molecular weight is 271 g/mol. The molecule has 3 rings (SSSR count). The van der Waals surface area contributed by atoms with Crippen LogP contribution in [0.1, 0.15) is 34.1 Å². The molecule has 1 heterocycles. The first kappa shape index (κ1) is 12.7. The van der Waals surface area contributed by atoms with Crippen LogP contribution in [0.4, 0.5) is 5.82 Å². The van der Waals surface area contributed by atoms with E-state index >= 15 is 0 Å². The number of aryl methyl sites for hydroxylation is 1. The van der Waals surface area contributed by atoms with Crippen molar-refractivity contribution in [1.29, 1.82) is 0 Å². The smallest absolute Gasteiger partial charge is 0.360 e. The molecule has 0 aliphatic heterocycles. The average Bonchev–Trinajstić information content (AvgIpc) is 2.87. The largest absolute Gasteiger partial charge is 0.464 e. The van der Waals surface area contributed by atoms with Gasteiger partial charge in [-0.1, -0.05) is 24.3 Å². The van der Waals surface area contributed by atoms with Gasteiger partial charge in [0.05, 0.1) is 13.4 Å². The van der Waals surface area contributed by atoms with Crippen molar-refractivity contribution in [2.45, 2.75) is 25.3 Å². The number of esters is 1. The first-order valence-corrected chi connectivity index (χ1v) is 6.68. The highest BCUT2D eigenvalue weighted by molar-refractivity contribution is 5.92. The molecule has 0 bridgehead atoms. The van der Waals surface area contributed by atoms with E-state index in [9.17, 15) is 4.79 Å². The number of anilines is 1. The number of aromatic nitrogens is 2. The Morgan fingerprint density at radius 3 is 2.90 bits per heavy atom. The molecule has 1 aliphatic carbocycles. The van der Waals surface area contributed by atoms with E-state index in [2.05, 4.69) is 34.0 Å². The van der Waals surface area contributed by atoms with Gasteiger partial charge in [-0.15, -0.1) is 0 Å². The first-order chi connectivity index (χ1) is 9.70. The van der Waals surface area contributed by atoms with E-state index in [0.717, 1.165) is 19.3 Å². The summed E-state index contributed by atoms with van der Waals surface area (Å²) in [7, 11) is 1.33. The number of nitrogen functional groups attached to an aromatic ring is 1. The predicted molar refractivity (Wildman–Crippen MR) is 75.5 cm³/mol. The fourth-order valence-electron chi connectivity index (χ4n) is 2.83. The minimum absolute atomic E-state index is 0.200. The number of nitrogens with two attached hydrogens (primary N) is 1. The highest BCUT2D eigenvalue weighted by Gasteiger charge is 2.24. The summed E-state index contributed by atoms with van der Waals surface area (Å²) >= 11 is 0. The van der Waals surface area contributed by atoms with E-state index in [1.165, 1.54) is 18.2 Å². The Labute approximate surface area is 117 Å². The Balaban J connectivity index is 1.89. The van der Waals surface area contributed by atoms with Crippen molar-refractivity contribution >= 4 is 11.8 Å². The van der Waals surface area contributed by atoms with E-state index in [4.69, 9.17) is 5.73 Å². The van der Waals surface area contributed by atoms with Gasteiger partial charge in [0.1, 0.15) is 5.82 Å². The van der Waals surface area contributed by atoms with Gasteiger partial charge in [-0.25, -0.2) is 9.78 Å². The van der Waals surface area contributed by atoms with Crippen molar-refractivity contribution in [3.05, 3.63) is 47.4 Å². The Bertz CT molecular complexity index is 648. The molecule has 20 heavy (non-hydrogen) atoms. The second-order valence-electron chi connectivity index (χ2n) is 5.04. The number of hydrogen-bond donors (Lipinski definition) is 1. The van der Waals surface area contributed by atoms with Crippen LogP contribution < -0.4 is 5.73 Å². The molecule has 0 saturated heterocycles. The number of imidazole rings is 1. The summed E-state index contributed by atoms with van der Waals surface area (Å²) in [6.45, 7) is 0. The molecule has 0 spiro atoms. The van der Waals surface area contributed by atoms with Gasteiger partial charge in [0.15, 0.2) is 5.69 Å². The molecule has 1 atom stereocenters. The summed E-state index contributed by atoms with van der Waals surface area (Å²) in [4.78, 5) is 15.6. The number of benzene rings is 1. The fraction of sp³-hybridized carbons (Fsp3) is 0.333. The Morgan fingerprint density at radius 1 is 1.40 bits per heavy atom. The number of fused-ring (bicyclic) bond motifs is 1. The summed E-state index contributed by atoms with van der Waals surface area (Å²) in [5.41, 5.74) is 8.97. The highest BCUT2D eigenvalue weighted by Crippen LogP contribution is 2.31. The molecular formula is C15H17N3O2. The minimum Gasteiger partial charge on any atom is -0.464 e. The van der Waals surface area contributed by atoms with Gasteiger partial charge in [0, 0.05) is 6.04 Å². The molecule has 1 aromatic heterocycles. The van der Waals surface area contributed by atoms with Crippen LogP contribution >= 0.6 is 0 Å². The lowest BCUT2D eigenvalue weighted by atomic mass is 9.88. The van der Waals surface area contributed by atoms with Gasteiger partial charge >= 0.3 is 5.97 Å². The van der Waals surface area contributed by atoms with Gasteiger partial charge in [0.2, 0.25) is 0 Å². The van der Waals surface area contributed by atoms with Crippen molar-refractivity contribution in [3.63, 3.8) is 0 Å². The van der Waals surface area contributed by atoms with Crippen LogP contribution in [0.3, 0.4) is 0 Å². The van der Waals surface area contributed by atoms with E-state index in [1.807, 2.05) is 4.57 Å². The summed E-state index contributed by atoms with van der Waals surface area (Å²) in [5, 5.41) is 0. The molecule has 0 radical (unpaired) electrons. The van der Waals surface area contributed by atoms with Crippen LogP contribution in [0.15, 0.2) is 30.6 Å². The molecule has 0 saturated carbocycles. The van der Waals surface area contributed by atoms with Crippen LogP contribution in [0.2, 0.25) is 0 Å². The van der Waals surface area contributed by atoms with Crippen LogP contribution in [0.5, 0.6) is 0 Å². The molecule has 0 amide bonds. The predicted octanol–water partition coefficient (Wildman–Crippen LogP) is 1.98. The maximum Gasteiger partial charge on any atom is 0.360 e. The Kier molecular flexibility index (Phi) is 3.18. The fourth-order valence-corrected chi connectivity index (χ4v) is 2.83. The molecule has 0 fully saturated rings. The van der Waals surface area contributed by atoms with Crippen molar-refractivity contribution in [1.82, 2.24) is 9.55 Å². The van der Waals surface area contributed by atoms with Crippen LogP contribution in [0.25, 0.3) is 0 Å². The second-order valence-corrected chi connectivity index (χ2v) is 5.04. The topological polar surface area (TPSA) is 70.1 Å². The third-order valence-corrected chi connectivity index (χ3v) is 3.92.